The first kappa shape index (κ1) is 16.0. The maximum absolute atomic E-state index is 11.3. The Kier molecular flexibility index (Phi) is 5.11. The summed E-state index contributed by atoms with van der Waals surface area (Å²) < 4.78 is 0. The van der Waals surface area contributed by atoms with E-state index >= 15 is 0 Å². The van der Waals surface area contributed by atoms with Crippen LogP contribution >= 0.6 is 0 Å². The molecule has 0 saturated carbocycles. The molecule has 1 aromatic carbocycles. The lowest BCUT2D eigenvalue weighted by atomic mass is 10.1. The summed E-state index contributed by atoms with van der Waals surface area (Å²) in [6.45, 7) is 6.66. The third-order valence-electron chi connectivity index (χ3n) is 3.92. The second kappa shape index (κ2) is 7.04. The zero-order valence-electron chi connectivity index (χ0n) is 12.4. The van der Waals surface area contributed by atoms with Crippen LogP contribution in [0.25, 0.3) is 6.08 Å². The van der Waals surface area contributed by atoms with Crippen molar-refractivity contribution in [1.29, 1.82) is 0 Å². The van der Waals surface area contributed by atoms with Gasteiger partial charge in [0.25, 0.3) is 5.69 Å². The molecular weight excluding hydrogens is 286 g/mol. The highest BCUT2D eigenvalue weighted by molar-refractivity contribution is 5.84. The fraction of sp³-hybridized carbons (Fsp3) is 0.400. The Bertz CT molecular complexity index is 592. The summed E-state index contributed by atoms with van der Waals surface area (Å²) in [6.07, 6.45) is 2.16. The fourth-order valence-corrected chi connectivity index (χ4v) is 2.64. The number of nitro groups is 1. The number of quaternary nitrogens is 1. The number of nitrogens with one attached hydrogen (secondary N) is 1. The number of anilines is 1. The van der Waals surface area contributed by atoms with E-state index in [-0.39, 0.29) is 5.69 Å². The number of carboxylic acid groups (broad SMARTS) is 1. The summed E-state index contributed by atoms with van der Waals surface area (Å²) >= 11 is 0. The van der Waals surface area contributed by atoms with Crippen LogP contribution in [-0.4, -0.2) is 43.6 Å². The summed E-state index contributed by atoms with van der Waals surface area (Å²) in [5.41, 5.74) is 1.06. The molecule has 0 unspecified atom stereocenters. The van der Waals surface area contributed by atoms with Crippen molar-refractivity contribution in [2.24, 2.45) is 0 Å². The van der Waals surface area contributed by atoms with E-state index in [9.17, 15) is 20.0 Å². The molecule has 7 heteroatoms. The third-order valence-corrected chi connectivity index (χ3v) is 3.92. The summed E-state index contributed by atoms with van der Waals surface area (Å²) in [7, 11) is 0. The Balaban J connectivity index is 2.24. The number of nitro benzene ring substituents is 1. The molecule has 1 aliphatic heterocycles. The average molecular weight is 305 g/mol. The highest BCUT2D eigenvalue weighted by Gasteiger charge is 2.24. The average Bonchev–Trinajstić information content (AvgIpc) is 2.52. The van der Waals surface area contributed by atoms with Crippen LogP contribution < -0.4 is 14.9 Å². The minimum Gasteiger partial charge on any atom is -0.545 e. The number of hydrogen-bond acceptors (Lipinski definition) is 5. The van der Waals surface area contributed by atoms with Gasteiger partial charge in [-0.3, -0.25) is 10.1 Å². The van der Waals surface area contributed by atoms with E-state index in [1.54, 1.807) is 12.1 Å². The standard InChI is InChI=1S/C15H19N3O4/c1-2-16-7-9-17(10-8-16)13-5-3-12(4-6-15(19)20)11-14(13)18(21)22/h3-6,11H,2,7-10H2,1H3,(H,19,20)/b6-4+. The van der Waals surface area contributed by atoms with Crippen LogP contribution in [0.1, 0.15) is 12.5 Å². The second-order valence-electron chi connectivity index (χ2n) is 5.25. The third kappa shape index (κ3) is 3.82. The molecule has 0 radical (unpaired) electrons. The first-order valence-electron chi connectivity index (χ1n) is 7.27. The molecule has 1 aliphatic rings. The maximum atomic E-state index is 11.3. The van der Waals surface area contributed by atoms with E-state index in [0.717, 1.165) is 38.8 Å². The van der Waals surface area contributed by atoms with Gasteiger partial charge < -0.3 is 19.7 Å². The zero-order valence-corrected chi connectivity index (χ0v) is 12.4. The van der Waals surface area contributed by atoms with E-state index in [1.165, 1.54) is 17.0 Å². The van der Waals surface area contributed by atoms with E-state index in [2.05, 4.69) is 6.92 Å². The van der Waals surface area contributed by atoms with Crippen molar-refractivity contribution in [2.75, 3.05) is 37.6 Å². The van der Waals surface area contributed by atoms with Crippen LogP contribution in [0.2, 0.25) is 0 Å². The monoisotopic (exact) mass is 305 g/mol. The fourth-order valence-electron chi connectivity index (χ4n) is 2.64. The van der Waals surface area contributed by atoms with Gasteiger partial charge in [0.05, 0.1) is 43.6 Å². The van der Waals surface area contributed by atoms with Gasteiger partial charge >= 0.3 is 0 Å². The van der Waals surface area contributed by atoms with Crippen LogP contribution in [0.5, 0.6) is 0 Å². The number of benzene rings is 1. The Morgan fingerprint density at radius 3 is 2.64 bits per heavy atom. The van der Waals surface area contributed by atoms with Crippen molar-refractivity contribution in [3.8, 4) is 0 Å². The molecule has 0 amide bonds. The minimum absolute atomic E-state index is 0.000413. The van der Waals surface area contributed by atoms with E-state index in [0.29, 0.717) is 11.3 Å². The molecule has 0 spiro atoms. The molecule has 0 aromatic heterocycles. The Morgan fingerprint density at radius 1 is 1.41 bits per heavy atom. The predicted octanol–water partition coefficient (Wildman–Crippen LogP) is -0.917. The quantitative estimate of drug-likeness (QED) is 0.432. The van der Waals surface area contributed by atoms with Crippen molar-refractivity contribution in [2.45, 2.75) is 6.92 Å². The Hall–Kier alpha value is -2.41. The molecule has 1 fully saturated rings. The number of piperazine rings is 1. The van der Waals surface area contributed by atoms with Gasteiger partial charge in [0, 0.05) is 6.07 Å². The van der Waals surface area contributed by atoms with E-state index in [4.69, 9.17) is 0 Å². The molecule has 0 bridgehead atoms. The predicted molar refractivity (Wildman–Crippen MR) is 80.6 cm³/mol. The number of nitrogens with zero attached hydrogens (tertiary/aromatic N) is 2. The summed E-state index contributed by atoms with van der Waals surface area (Å²) in [6, 6.07) is 4.76. The van der Waals surface area contributed by atoms with E-state index < -0.39 is 10.9 Å². The molecule has 1 saturated heterocycles. The van der Waals surface area contributed by atoms with Gasteiger partial charge in [-0.1, -0.05) is 12.1 Å². The SMILES string of the molecule is CC[NH+]1CCN(c2ccc(/C=C/C(=O)[O-])cc2[N+](=O)[O-])CC1. The van der Waals surface area contributed by atoms with Crippen molar-refractivity contribution in [3.63, 3.8) is 0 Å². The van der Waals surface area contributed by atoms with E-state index in [1.807, 2.05) is 4.90 Å². The van der Waals surface area contributed by atoms with Crippen molar-refractivity contribution in [1.82, 2.24) is 0 Å². The maximum Gasteiger partial charge on any atom is 0.293 e. The minimum atomic E-state index is -1.33. The number of carbonyl (C=O) groups is 1. The molecule has 1 aromatic rings. The normalized spacial score (nSPS) is 16.1. The van der Waals surface area contributed by atoms with Crippen LogP contribution in [0.4, 0.5) is 11.4 Å². The molecule has 7 nitrogen and oxygen atoms in total. The molecule has 22 heavy (non-hydrogen) atoms. The van der Waals surface area contributed by atoms with Crippen LogP contribution in [0.15, 0.2) is 24.3 Å². The van der Waals surface area contributed by atoms with Gasteiger partial charge in [-0.15, -0.1) is 0 Å². The number of carbonyl (C=O) groups excluding carboxylic acids is 1. The Labute approximate surface area is 128 Å². The lowest BCUT2D eigenvalue weighted by Crippen LogP contribution is -3.14. The molecule has 0 atom stereocenters. The van der Waals surface area contributed by atoms with Crippen LogP contribution in [0, 0.1) is 10.1 Å². The summed E-state index contributed by atoms with van der Waals surface area (Å²) in [5.74, 6) is -1.33. The van der Waals surface area contributed by atoms with Gasteiger partial charge in [0.1, 0.15) is 5.69 Å². The van der Waals surface area contributed by atoms with Crippen molar-refractivity contribution < 1.29 is 19.7 Å². The number of rotatable bonds is 5. The van der Waals surface area contributed by atoms with Crippen LogP contribution in [-0.2, 0) is 4.79 Å². The first-order valence-corrected chi connectivity index (χ1v) is 7.27. The van der Waals surface area contributed by atoms with Crippen LogP contribution in [0.3, 0.4) is 0 Å². The second-order valence-corrected chi connectivity index (χ2v) is 5.25. The number of aliphatic carboxylic acids is 1. The number of hydrogen-bond donors (Lipinski definition) is 1. The number of carboxylic acids is 1. The topological polar surface area (TPSA) is 91.0 Å². The molecule has 1 heterocycles. The highest BCUT2D eigenvalue weighted by atomic mass is 16.6. The summed E-state index contributed by atoms with van der Waals surface area (Å²) in [5, 5.41) is 21.7. The van der Waals surface area contributed by atoms with Crippen molar-refractivity contribution in [3.05, 3.63) is 40.0 Å². The molecular formula is C15H19N3O4. The van der Waals surface area contributed by atoms with Gasteiger partial charge in [-0.25, -0.2) is 0 Å². The zero-order chi connectivity index (χ0) is 16.1. The lowest BCUT2D eigenvalue weighted by Gasteiger charge is -2.32. The molecule has 118 valence electrons. The number of likely N-dealkylation sites (N-methyl/N-ethyl adjacent to an activating group) is 1. The highest BCUT2D eigenvalue weighted by Crippen LogP contribution is 2.29. The van der Waals surface area contributed by atoms with Gasteiger partial charge in [0.2, 0.25) is 0 Å². The molecule has 2 rings (SSSR count). The van der Waals surface area contributed by atoms with Crippen molar-refractivity contribution >= 4 is 23.4 Å². The Morgan fingerprint density at radius 2 is 2.09 bits per heavy atom. The lowest BCUT2D eigenvalue weighted by molar-refractivity contribution is -0.898. The van der Waals surface area contributed by atoms with Gasteiger partial charge in [-0.2, -0.15) is 0 Å². The van der Waals surface area contributed by atoms with Gasteiger partial charge in [-0.05, 0) is 24.6 Å². The summed E-state index contributed by atoms with van der Waals surface area (Å²) in [4.78, 5) is 24.8. The van der Waals surface area contributed by atoms with Gasteiger partial charge in [0.15, 0.2) is 0 Å². The first-order chi connectivity index (χ1) is 10.5. The largest absolute Gasteiger partial charge is 0.545 e. The molecule has 0 aliphatic carbocycles. The smallest absolute Gasteiger partial charge is 0.293 e. The molecule has 1 N–H and O–H groups in total.